The van der Waals surface area contributed by atoms with Gasteiger partial charge < -0.3 is 19.9 Å². The first-order valence-electron chi connectivity index (χ1n) is 11.5. The van der Waals surface area contributed by atoms with Crippen LogP contribution < -0.4 is 10.1 Å². The zero-order valence-corrected chi connectivity index (χ0v) is 21.4. The number of hydrogen-bond donors (Lipinski definition) is 1. The number of ether oxygens (including phenoxy) is 1. The minimum atomic E-state index is -0.193. The summed E-state index contributed by atoms with van der Waals surface area (Å²) in [6, 6.07) is 8.94. The van der Waals surface area contributed by atoms with Gasteiger partial charge in [0, 0.05) is 29.0 Å². The highest BCUT2D eigenvalue weighted by Gasteiger charge is 2.33. The number of urea groups is 1. The monoisotopic (exact) mass is 491 g/mol. The van der Waals surface area contributed by atoms with Crippen LogP contribution in [0.2, 0.25) is 5.02 Å². The number of hydrogen-bond acceptors (Lipinski definition) is 4. The molecule has 180 valence electrons. The summed E-state index contributed by atoms with van der Waals surface area (Å²) in [5.41, 5.74) is 1.13. The van der Waals surface area contributed by atoms with E-state index in [1.807, 2.05) is 30.9 Å². The largest absolute Gasteiger partial charge is 0.491 e. The van der Waals surface area contributed by atoms with Gasteiger partial charge in [-0.05, 0) is 73.9 Å². The predicted octanol–water partition coefficient (Wildman–Crippen LogP) is 5.37. The fraction of sp³-hybridized carbons (Fsp3) is 0.520. The van der Waals surface area contributed by atoms with E-state index in [1.165, 1.54) is 4.88 Å². The van der Waals surface area contributed by atoms with E-state index in [0.29, 0.717) is 36.4 Å². The van der Waals surface area contributed by atoms with E-state index in [1.54, 1.807) is 28.4 Å². The molecule has 2 aromatic rings. The second kappa shape index (κ2) is 11.7. The lowest BCUT2D eigenvalue weighted by Gasteiger charge is -2.37. The Kier molecular flexibility index (Phi) is 9.03. The fourth-order valence-corrected chi connectivity index (χ4v) is 4.89. The molecule has 0 bridgehead atoms. The van der Waals surface area contributed by atoms with Crippen LogP contribution >= 0.6 is 22.9 Å². The molecule has 0 aliphatic carbocycles. The molecule has 0 saturated carbocycles. The van der Waals surface area contributed by atoms with E-state index < -0.39 is 0 Å². The Bertz CT molecular complexity index is 929. The molecule has 3 amide bonds. The number of benzene rings is 1. The number of halogens is 1. The second-order valence-corrected chi connectivity index (χ2v) is 10.6. The number of rotatable bonds is 9. The van der Waals surface area contributed by atoms with Gasteiger partial charge in [0.15, 0.2) is 0 Å². The first kappa shape index (κ1) is 25.4. The van der Waals surface area contributed by atoms with E-state index in [4.69, 9.17) is 16.3 Å². The van der Waals surface area contributed by atoms with Crippen LogP contribution in [0.4, 0.5) is 4.79 Å². The number of carbonyl (C=O) groups excluding carboxylic acids is 2. The summed E-state index contributed by atoms with van der Waals surface area (Å²) < 4.78 is 6.05. The average molecular weight is 492 g/mol. The predicted molar refractivity (Wildman–Crippen MR) is 134 cm³/mol. The maximum Gasteiger partial charge on any atom is 0.318 e. The van der Waals surface area contributed by atoms with Crippen LogP contribution in [-0.2, 0) is 11.2 Å². The van der Waals surface area contributed by atoms with Gasteiger partial charge in [-0.25, -0.2) is 4.79 Å². The van der Waals surface area contributed by atoms with Crippen molar-refractivity contribution in [1.82, 2.24) is 15.1 Å². The van der Waals surface area contributed by atoms with Crippen LogP contribution in [0.15, 0.2) is 35.7 Å². The van der Waals surface area contributed by atoms with Gasteiger partial charge in [-0.3, -0.25) is 4.79 Å². The Labute approximate surface area is 205 Å². The van der Waals surface area contributed by atoms with Crippen LogP contribution in [0.3, 0.4) is 0 Å². The van der Waals surface area contributed by atoms with E-state index in [9.17, 15) is 9.59 Å². The fourth-order valence-electron chi connectivity index (χ4n) is 3.84. The topological polar surface area (TPSA) is 61.9 Å². The summed E-state index contributed by atoms with van der Waals surface area (Å²) in [6.45, 7) is 9.65. The summed E-state index contributed by atoms with van der Waals surface area (Å²) in [5.74, 6) is 1.10. The van der Waals surface area contributed by atoms with Gasteiger partial charge in [-0.2, -0.15) is 0 Å². The summed E-state index contributed by atoms with van der Waals surface area (Å²) in [6.07, 6.45) is 1.66. The van der Waals surface area contributed by atoms with E-state index in [-0.39, 0.29) is 30.6 Å². The van der Waals surface area contributed by atoms with Crippen molar-refractivity contribution in [2.45, 2.75) is 52.6 Å². The molecule has 0 fully saturated rings. The first-order chi connectivity index (χ1) is 15.7. The Morgan fingerprint density at radius 3 is 2.61 bits per heavy atom. The molecular formula is C25H34ClN3O3S. The van der Waals surface area contributed by atoms with E-state index in [2.05, 4.69) is 30.6 Å². The zero-order chi connectivity index (χ0) is 24.0. The zero-order valence-electron chi connectivity index (χ0n) is 19.8. The van der Waals surface area contributed by atoms with Crippen LogP contribution in [0.1, 0.15) is 50.6 Å². The smallest absolute Gasteiger partial charge is 0.318 e. The Hall–Kier alpha value is -2.25. The highest BCUT2D eigenvalue weighted by molar-refractivity contribution is 7.10. The van der Waals surface area contributed by atoms with Gasteiger partial charge in [0.2, 0.25) is 5.91 Å². The van der Waals surface area contributed by atoms with Crippen molar-refractivity contribution in [3.63, 3.8) is 0 Å². The number of nitrogens with one attached hydrogen (secondary N) is 1. The number of fused-ring (bicyclic) bond motifs is 1. The minimum absolute atomic E-state index is 0.0121. The molecule has 1 aromatic carbocycles. The Morgan fingerprint density at radius 1 is 1.21 bits per heavy atom. The molecule has 1 atom stereocenters. The molecule has 1 aliphatic heterocycles. The third-order valence-corrected chi connectivity index (χ3v) is 6.89. The first-order valence-corrected chi connectivity index (χ1v) is 12.8. The molecule has 33 heavy (non-hydrogen) atoms. The molecule has 0 radical (unpaired) electrons. The average Bonchev–Trinajstić information content (AvgIpc) is 3.24. The molecule has 0 spiro atoms. The minimum Gasteiger partial charge on any atom is -0.491 e. The van der Waals surface area contributed by atoms with Gasteiger partial charge in [-0.15, -0.1) is 11.3 Å². The van der Waals surface area contributed by atoms with Crippen molar-refractivity contribution in [3.8, 4) is 5.75 Å². The SMILES string of the molecule is CC(C)CCN(CC(=O)N1CCc2sccc2[C@@H]1COc1ccc(Cl)cc1)C(=O)NC(C)C. The molecule has 2 heterocycles. The number of thiophene rings is 1. The molecule has 1 N–H and O–H groups in total. The molecule has 3 rings (SSSR count). The quantitative estimate of drug-likeness (QED) is 0.512. The molecule has 8 heteroatoms. The maximum atomic E-state index is 13.5. The van der Waals surface area contributed by atoms with Crippen LogP contribution in [0, 0.1) is 5.92 Å². The van der Waals surface area contributed by atoms with Crippen molar-refractivity contribution in [1.29, 1.82) is 0 Å². The van der Waals surface area contributed by atoms with Crippen LogP contribution in [0.5, 0.6) is 5.75 Å². The van der Waals surface area contributed by atoms with Gasteiger partial charge in [-0.1, -0.05) is 25.4 Å². The van der Waals surface area contributed by atoms with E-state index in [0.717, 1.165) is 18.4 Å². The third kappa shape index (κ3) is 7.11. The number of carbonyl (C=O) groups is 2. The molecule has 1 aromatic heterocycles. The number of nitrogens with zero attached hydrogens (tertiary/aromatic N) is 2. The summed E-state index contributed by atoms with van der Waals surface area (Å²) >= 11 is 7.70. The van der Waals surface area contributed by atoms with E-state index >= 15 is 0 Å². The lowest BCUT2D eigenvalue weighted by Crippen LogP contribution is -2.51. The standard InChI is InChI=1S/C25H34ClN3O3S/c1-17(2)9-12-28(25(31)27-18(3)4)15-24(30)29-13-10-23-21(11-14-33-23)22(29)16-32-20-7-5-19(26)6-8-20/h5-8,11,14,17-18,22H,9-10,12-13,15-16H2,1-4H3,(H,27,31)/t22-/m0/s1. The highest BCUT2D eigenvalue weighted by atomic mass is 35.5. The van der Waals surface area contributed by atoms with Crippen molar-refractivity contribution < 1.29 is 14.3 Å². The van der Waals surface area contributed by atoms with Crippen molar-refractivity contribution >= 4 is 34.9 Å². The lowest BCUT2D eigenvalue weighted by molar-refractivity contribution is -0.135. The summed E-state index contributed by atoms with van der Waals surface area (Å²) in [7, 11) is 0. The van der Waals surface area contributed by atoms with Crippen molar-refractivity contribution in [2.75, 3.05) is 26.2 Å². The Balaban J connectivity index is 1.74. The summed E-state index contributed by atoms with van der Waals surface area (Å²) in [4.78, 5) is 31.0. The highest BCUT2D eigenvalue weighted by Crippen LogP contribution is 2.34. The molecule has 0 unspecified atom stereocenters. The van der Waals surface area contributed by atoms with Gasteiger partial charge in [0.25, 0.3) is 0 Å². The van der Waals surface area contributed by atoms with Crippen molar-refractivity contribution in [2.24, 2.45) is 5.92 Å². The van der Waals surface area contributed by atoms with Crippen molar-refractivity contribution in [3.05, 3.63) is 51.2 Å². The normalized spacial score (nSPS) is 15.5. The lowest BCUT2D eigenvalue weighted by atomic mass is 10.0. The second-order valence-electron chi connectivity index (χ2n) is 9.13. The molecule has 1 aliphatic rings. The third-order valence-electron chi connectivity index (χ3n) is 5.64. The molecule has 6 nitrogen and oxygen atoms in total. The van der Waals surface area contributed by atoms with Gasteiger partial charge in [0.05, 0.1) is 6.04 Å². The summed E-state index contributed by atoms with van der Waals surface area (Å²) in [5, 5.41) is 5.65. The molecular weight excluding hydrogens is 458 g/mol. The maximum absolute atomic E-state index is 13.5. The van der Waals surface area contributed by atoms with Crippen LogP contribution in [0.25, 0.3) is 0 Å². The number of amides is 3. The van der Waals surface area contributed by atoms with Gasteiger partial charge in [0.1, 0.15) is 18.9 Å². The Morgan fingerprint density at radius 2 is 1.94 bits per heavy atom. The van der Waals surface area contributed by atoms with Crippen LogP contribution in [-0.4, -0.2) is 54.0 Å². The molecule has 0 saturated heterocycles. The van der Waals surface area contributed by atoms with Gasteiger partial charge >= 0.3 is 6.03 Å².